The van der Waals surface area contributed by atoms with Crippen molar-refractivity contribution in [1.82, 2.24) is 0 Å². The Bertz CT molecular complexity index is 558. The first-order valence-corrected chi connectivity index (χ1v) is 4.55. The molecule has 0 aliphatic heterocycles. The standard InChI is InChI=1S/C11H9NO4/c1-4-7(13)2-5-9(10(4)15)8(14)3-6(12)11(5)16/h2-3,13,15H,12H2,1H3. The zero-order chi connectivity index (χ0) is 12.0. The van der Waals surface area contributed by atoms with Gasteiger partial charge in [0.05, 0.1) is 11.3 Å². The second-order valence-corrected chi connectivity index (χ2v) is 3.58. The number of hydrogen-bond donors (Lipinski definition) is 3. The fourth-order valence-corrected chi connectivity index (χ4v) is 1.62. The zero-order valence-corrected chi connectivity index (χ0v) is 8.44. The van der Waals surface area contributed by atoms with E-state index in [1.165, 1.54) is 6.92 Å². The van der Waals surface area contributed by atoms with Gasteiger partial charge in [0.15, 0.2) is 5.78 Å². The molecule has 4 N–H and O–H groups in total. The first-order valence-electron chi connectivity index (χ1n) is 4.55. The summed E-state index contributed by atoms with van der Waals surface area (Å²) in [5, 5.41) is 19.2. The Hall–Kier alpha value is -2.30. The lowest BCUT2D eigenvalue weighted by Crippen LogP contribution is -2.22. The molecule has 0 bridgehead atoms. The second-order valence-electron chi connectivity index (χ2n) is 3.58. The lowest BCUT2D eigenvalue weighted by atomic mass is 9.90. The Labute approximate surface area is 90.8 Å². The summed E-state index contributed by atoms with van der Waals surface area (Å²) < 4.78 is 0. The number of rotatable bonds is 0. The van der Waals surface area contributed by atoms with Gasteiger partial charge >= 0.3 is 0 Å². The lowest BCUT2D eigenvalue weighted by molar-refractivity contribution is 0.0980. The molecule has 0 aromatic heterocycles. The van der Waals surface area contributed by atoms with Crippen molar-refractivity contribution in [3.8, 4) is 11.5 Å². The van der Waals surface area contributed by atoms with Crippen LogP contribution in [0, 0.1) is 6.92 Å². The van der Waals surface area contributed by atoms with Crippen LogP contribution >= 0.6 is 0 Å². The summed E-state index contributed by atoms with van der Waals surface area (Å²) in [7, 11) is 0. The van der Waals surface area contributed by atoms with Gasteiger partial charge in [0.1, 0.15) is 11.5 Å². The van der Waals surface area contributed by atoms with Crippen LogP contribution < -0.4 is 5.73 Å². The smallest absolute Gasteiger partial charge is 0.209 e. The van der Waals surface area contributed by atoms with Crippen LogP contribution in [-0.4, -0.2) is 21.8 Å². The molecule has 2 rings (SSSR count). The first-order chi connectivity index (χ1) is 7.43. The molecule has 0 fully saturated rings. The van der Waals surface area contributed by atoms with Gasteiger partial charge in [-0.15, -0.1) is 0 Å². The highest BCUT2D eigenvalue weighted by Gasteiger charge is 2.29. The summed E-state index contributed by atoms with van der Waals surface area (Å²) in [6.07, 6.45) is 0.973. The van der Waals surface area contributed by atoms with E-state index in [0.29, 0.717) is 0 Å². The van der Waals surface area contributed by atoms with Crippen LogP contribution in [0.1, 0.15) is 26.3 Å². The van der Waals surface area contributed by atoms with Crippen LogP contribution in [0.15, 0.2) is 17.8 Å². The molecule has 1 aliphatic rings. The average molecular weight is 219 g/mol. The van der Waals surface area contributed by atoms with Gasteiger partial charge in [0.2, 0.25) is 5.78 Å². The molecule has 0 saturated carbocycles. The van der Waals surface area contributed by atoms with Gasteiger partial charge in [0.25, 0.3) is 0 Å². The number of phenols is 2. The summed E-state index contributed by atoms with van der Waals surface area (Å²) in [4.78, 5) is 23.2. The molecule has 0 unspecified atom stereocenters. The predicted molar refractivity (Wildman–Crippen MR) is 55.4 cm³/mol. The maximum absolute atomic E-state index is 11.6. The van der Waals surface area contributed by atoms with Crippen LogP contribution in [0.5, 0.6) is 11.5 Å². The van der Waals surface area contributed by atoms with Crippen molar-refractivity contribution in [3.63, 3.8) is 0 Å². The second kappa shape index (κ2) is 3.10. The van der Waals surface area contributed by atoms with Crippen LogP contribution in [0.3, 0.4) is 0 Å². The van der Waals surface area contributed by atoms with Gasteiger partial charge in [0, 0.05) is 17.2 Å². The number of benzene rings is 1. The quantitative estimate of drug-likeness (QED) is 0.594. The summed E-state index contributed by atoms with van der Waals surface area (Å²) in [5.41, 5.74) is 5.15. The number of phenolic OH excluding ortho intramolecular Hbond substituents is 2. The molecule has 1 aromatic carbocycles. The number of ketones is 2. The van der Waals surface area contributed by atoms with Crippen LogP contribution in [0.2, 0.25) is 0 Å². The fraction of sp³-hybridized carbons (Fsp3) is 0.0909. The highest BCUT2D eigenvalue weighted by atomic mass is 16.3. The molecule has 0 heterocycles. The predicted octanol–water partition coefficient (Wildman–Crippen LogP) is 0.628. The molecule has 0 atom stereocenters. The Kier molecular flexibility index (Phi) is 1.98. The first kappa shape index (κ1) is 10.2. The largest absolute Gasteiger partial charge is 0.508 e. The third kappa shape index (κ3) is 1.18. The number of allylic oxidation sites excluding steroid dienone is 2. The summed E-state index contributed by atoms with van der Waals surface area (Å²) in [5.74, 6) is -1.72. The summed E-state index contributed by atoms with van der Waals surface area (Å²) in [6, 6.07) is 1.14. The van der Waals surface area contributed by atoms with E-state index >= 15 is 0 Å². The van der Waals surface area contributed by atoms with Crippen molar-refractivity contribution in [2.75, 3.05) is 0 Å². The molecule has 5 nitrogen and oxygen atoms in total. The molecule has 16 heavy (non-hydrogen) atoms. The monoisotopic (exact) mass is 219 g/mol. The molecular formula is C11H9NO4. The van der Waals surface area contributed by atoms with Gasteiger partial charge < -0.3 is 15.9 Å². The average Bonchev–Trinajstić information content (AvgIpc) is 2.22. The van der Waals surface area contributed by atoms with Crippen molar-refractivity contribution < 1.29 is 19.8 Å². The van der Waals surface area contributed by atoms with Gasteiger partial charge in [-0.1, -0.05) is 0 Å². The number of hydrogen-bond acceptors (Lipinski definition) is 5. The van der Waals surface area contributed by atoms with Crippen LogP contribution in [-0.2, 0) is 0 Å². The molecule has 0 spiro atoms. The van der Waals surface area contributed by atoms with E-state index in [0.717, 1.165) is 12.1 Å². The lowest BCUT2D eigenvalue weighted by Gasteiger charge is -2.15. The van der Waals surface area contributed by atoms with E-state index in [2.05, 4.69) is 0 Å². The van der Waals surface area contributed by atoms with E-state index in [1.807, 2.05) is 0 Å². The van der Waals surface area contributed by atoms with Crippen molar-refractivity contribution in [2.24, 2.45) is 5.73 Å². The molecule has 5 heteroatoms. The Balaban J connectivity index is 2.83. The maximum Gasteiger partial charge on any atom is 0.209 e. The number of nitrogens with two attached hydrogens (primary N) is 1. The third-order valence-electron chi connectivity index (χ3n) is 2.57. The minimum absolute atomic E-state index is 0.0643. The van der Waals surface area contributed by atoms with Gasteiger partial charge in [-0.3, -0.25) is 9.59 Å². The van der Waals surface area contributed by atoms with Crippen molar-refractivity contribution in [3.05, 3.63) is 34.5 Å². The molecule has 0 saturated heterocycles. The van der Waals surface area contributed by atoms with Gasteiger partial charge in [-0.05, 0) is 13.0 Å². The zero-order valence-electron chi connectivity index (χ0n) is 8.44. The van der Waals surface area contributed by atoms with E-state index < -0.39 is 11.6 Å². The topological polar surface area (TPSA) is 101 Å². The summed E-state index contributed by atoms with van der Waals surface area (Å²) >= 11 is 0. The minimum Gasteiger partial charge on any atom is -0.508 e. The Morgan fingerprint density at radius 1 is 1.25 bits per heavy atom. The number of carbonyl (C=O) groups excluding carboxylic acids is 2. The molecule has 0 amide bonds. The van der Waals surface area contributed by atoms with E-state index in [9.17, 15) is 19.8 Å². The van der Waals surface area contributed by atoms with Crippen LogP contribution in [0.25, 0.3) is 0 Å². The number of Topliss-reactive ketones (excluding diaryl/α,β-unsaturated/α-hetero) is 1. The van der Waals surface area contributed by atoms with E-state index in [1.54, 1.807) is 0 Å². The summed E-state index contributed by atoms with van der Waals surface area (Å²) in [6.45, 7) is 1.45. The molecule has 82 valence electrons. The van der Waals surface area contributed by atoms with Gasteiger partial charge in [-0.25, -0.2) is 0 Å². The third-order valence-corrected chi connectivity index (χ3v) is 2.57. The Morgan fingerprint density at radius 3 is 2.50 bits per heavy atom. The maximum atomic E-state index is 11.6. The molecule has 1 aliphatic carbocycles. The fourth-order valence-electron chi connectivity index (χ4n) is 1.62. The number of fused-ring (bicyclic) bond motifs is 1. The highest BCUT2D eigenvalue weighted by Crippen LogP contribution is 2.35. The molecular weight excluding hydrogens is 210 g/mol. The molecule has 0 radical (unpaired) electrons. The van der Waals surface area contributed by atoms with Crippen molar-refractivity contribution in [2.45, 2.75) is 6.92 Å². The van der Waals surface area contributed by atoms with Crippen molar-refractivity contribution >= 4 is 11.6 Å². The number of aromatic hydroxyl groups is 2. The van der Waals surface area contributed by atoms with E-state index in [4.69, 9.17) is 5.73 Å². The normalized spacial score (nSPS) is 14.7. The Morgan fingerprint density at radius 2 is 1.88 bits per heavy atom. The van der Waals surface area contributed by atoms with E-state index in [-0.39, 0.29) is 33.9 Å². The SMILES string of the molecule is Cc1c(O)cc2c(c1O)C(=O)C=C(N)C2=O. The highest BCUT2D eigenvalue weighted by molar-refractivity contribution is 6.25. The van der Waals surface area contributed by atoms with Crippen LogP contribution in [0.4, 0.5) is 0 Å². The molecule has 1 aromatic rings. The van der Waals surface area contributed by atoms with Crippen molar-refractivity contribution in [1.29, 1.82) is 0 Å². The minimum atomic E-state index is -0.569. The van der Waals surface area contributed by atoms with Gasteiger partial charge in [-0.2, -0.15) is 0 Å². The number of carbonyl (C=O) groups is 2.